The van der Waals surface area contributed by atoms with Gasteiger partial charge in [0, 0.05) is 11.3 Å². The van der Waals surface area contributed by atoms with Crippen molar-refractivity contribution >= 4 is 11.5 Å². The maximum absolute atomic E-state index is 10.9. The van der Waals surface area contributed by atoms with Crippen LogP contribution in [0, 0.1) is 5.41 Å². The second-order valence-corrected chi connectivity index (χ2v) is 2.34. The number of hydrogen-bond acceptors (Lipinski definition) is 2. The van der Waals surface area contributed by atoms with Crippen LogP contribution in [0.15, 0.2) is 23.8 Å². The summed E-state index contributed by atoms with van der Waals surface area (Å²) in [7, 11) is 0. The Morgan fingerprint density at radius 1 is 1.36 bits per heavy atom. The number of Topliss-reactive ketones (excluding diaryl/α,β-unsaturated/α-hetero) is 1. The van der Waals surface area contributed by atoms with Gasteiger partial charge in [0.1, 0.15) is 0 Å². The molecule has 0 bridgehead atoms. The van der Waals surface area contributed by atoms with Crippen LogP contribution in [0.3, 0.4) is 0 Å². The molecule has 0 aliphatic heterocycles. The van der Waals surface area contributed by atoms with E-state index in [1.807, 2.05) is 6.92 Å². The van der Waals surface area contributed by atoms with Gasteiger partial charge in [0.15, 0.2) is 5.78 Å². The highest BCUT2D eigenvalue weighted by molar-refractivity contribution is 6.03. The van der Waals surface area contributed by atoms with Crippen molar-refractivity contribution < 1.29 is 4.79 Å². The lowest BCUT2D eigenvalue weighted by Crippen LogP contribution is -1.95. The van der Waals surface area contributed by atoms with Gasteiger partial charge in [-0.05, 0) is 26.8 Å². The van der Waals surface area contributed by atoms with E-state index in [9.17, 15) is 4.79 Å². The van der Waals surface area contributed by atoms with Crippen LogP contribution in [0.2, 0.25) is 0 Å². The van der Waals surface area contributed by atoms with Gasteiger partial charge in [-0.25, -0.2) is 0 Å². The molecule has 0 amide bonds. The lowest BCUT2D eigenvalue weighted by molar-refractivity contribution is -0.113. The number of hydrogen-bond donors (Lipinski definition) is 1. The minimum Gasteiger partial charge on any atom is -0.306 e. The molecule has 0 fully saturated rings. The Kier molecular flexibility index (Phi) is 4.11. The lowest BCUT2D eigenvalue weighted by Gasteiger charge is -1.93. The SMILES string of the molecule is C/C=C\C(=C/C(C)=N)C(C)=O. The fraction of sp³-hybridized carbons (Fsp3) is 0.333. The molecule has 1 N–H and O–H groups in total. The summed E-state index contributed by atoms with van der Waals surface area (Å²) in [6, 6.07) is 0. The third-order valence-corrected chi connectivity index (χ3v) is 1.12. The Bertz CT molecular complexity index is 224. The molecule has 0 saturated heterocycles. The first-order valence-electron chi connectivity index (χ1n) is 3.48. The Morgan fingerprint density at radius 3 is 2.18 bits per heavy atom. The van der Waals surface area contributed by atoms with Gasteiger partial charge in [-0.15, -0.1) is 0 Å². The highest BCUT2D eigenvalue weighted by Gasteiger charge is 1.97. The van der Waals surface area contributed by atoms with Crippen LogP contribution in [-0.2, 0) is 4.79 Å². The summed E-state index contributed by atoms with van der Waals surface area (Å²) >= 11 is 0. The molecule has 0 radical (unpaired) electrons. The van der Waals surface area contributed by atoms with Gasteiger partial charge in [0.05, 0.1) is 0 Å². The summed E-state index contributed by atoms with van der Waals surface area (Å²) in [6.45, 7) is 4.98. The molecule has 0 atom stereocenters. The van der Waals surface area contributed by atoms with E-state index in [1.54, 1.807) is 25.2 Å². The molecule has 0 rings (SSSR count). The molecule has 0 aliphatic carbocycles. The molecule has 0 unspecified atom stereocenters. The molecule has 2 nitrogen and oxygen atoms in total. The molecule has 0 aromatic heterocycles. The van der Waals surface area contributed by atoms with Crippen molar-refractivity contribution in [3.63, 3.8) is 0 Å². The summed E-state index contributed by atoms with van der Waals surface area (Å²) in [6.07, 6.45) is 5.05. The summed E-state index contributed by atoms with van der Waals surface area (Å²) in [5, 5.41) is 7.13. The van der Waals surface area contributed by atoms with Crippen LogP contribution in [0.5, 0.6) is 0 Å². The minimum atomic E-state index is -0.00491. The van der Waals surface area contributed by atoms with E-state index >= 15 is 0 Å². The van der Waals surface area contributed by atoms with E-state index in [0.29, 0.717) is 11.3 Å². The number of allylic oxidation sites excluding steroid dienone is 4. The van der Waals surface area contributed by atoms with Crippen molar-refractivity contribution in [2.45, 2.75) is 20.8 Å². The van der Waals surface area contributed by atoms with Gasteiger partial charge in [0.25, 0.3) is 0 Å². The smallest absolute Gasteiger partial charge is 0.159 e. The average molecular weight is 151 g/mol. The van der Waals surface area contributed by atoms with Gasteiger partial charge in [0.2, 0.25) is 0 Å². The van der Waals surface area contributed by atoms with Crippen molar-refractivity contribution in [2.75, 3.05) is 0 Å². The van der Waals surface area contributed by atoms with Crippen LogP contribution in [0.1, 0.15) is 20.8 Å². The normalized spacial score (nSPS) is 12.1. The van der Waals surface area contributed by atoms with Crippen molar-refractivity contribution in [3.8, 4) is 0 Å². The van der Waals surface area contributed by atoms with Crippen LogP contribution >= 0.6 is 0 Å². The fourth-order valence-electron chi connectivity index (χ4n) is 0.680. The summed E-state index contributed by atoms with van der Waals surface area (Å²) in [4.78, 5) is 10.9. The second-order valence-electron chi connectivity index (χ2n) is 2.34. The standard InChI is InChI=1S/C9H13NO/c1-4-5-9(8(3)11)6-7(2)10/h4-6,10H,1-3H3/b5-4-,9-6+,10-7?. The predicted octanol–water partition coefficient (Wildman–Crippen LogP) is 2.12. The molecule has 11 heavy (non-hydrogen) atoms. The Balaban J connectivity index is 4.59. The first-order chi connectivity index (χ1) is 5.07. The largest absolute Gasteiger partial charge is 0.306 e. The lowest BCUT2D eigenvalue weighted by atomic mass is 10.1. The monoisotopic (exact) mass is 151 g/mol. The zero-order valence-corrected chi connectivity index (χ0v) is 7.14. The van der Waals surface area contributed by atoms with E-state index in [2.05, 4.69) is 0 Å². The molecule has 0 aromatic rings. The van der Waals surface area contributed by atoms with Crippen LogP contribution < -0.4 is 0 Å². The average Bonchev–Trinajstić information content (AvgIpc) is 1.86. The van der Waals surface area contributed by atoms with Crippen molar-refractivity contribution in [2.24, 2.45) is 0 Å². The third kappa shape index (κ3) is 4.25. The van der Waals surface area contributed by atoms with Gasteiger partial charge in [-0.3, -0.25) is 4.79 Å². The maximum atomic E-state index is 10.9. The Hall–Kier alpha value is -1.18. The Labute approximate surface area is 67.1 Å². The van der Waals surface area contributed by atoms with Gasteiger partial charge in [-0.1, -0.05) is 12.2 Å². The summed E-state index contributed by atoms with van der Waals surface area (Å²) < 4.78 is 0. The number of ketones is 1. The number of carbonyl (C=O) groups is 1. The van der Waals surface area contributed by atoms with Crippen molar-refractivity contribution in [3.05, 3.63) is 23.8 Å². The predicted molar refractivity (Wildman–Crippen MR) is 47.0 cm³/mol. The van der Waals surface area contributed by atoms with Gasteiger partial charge in [-0.2, -0.15) is 0 Å². The Morgan fingerprint density at radius 2 is 1.91 bits per heavy atom. The minimum absolute atomic E-state index is 0.00491. The number of rotatable bonds is 3. The van der Waals surface area contributed by atoms with Gasteiger partial charge < -0.3 is 5.41 Å². The molecular formula is C9H13NO. The quantitative estimate of drug-likeness (QED) is 0.374. The van der Waals surface area contributed by atoms with Crippen molar-refractivity contribution in [1.29, 1.82) is 5.41 Å². The van der Waals surface area contributed by atoms with E-state index in [-0.39, 0.29) is 5.78 Å². The highest BCUT2D eigenvalue weighted by Crippen LogP contribution is 1.98. The van der Waals surface area contributed by atoms with E-state index < -0.39 is 0 Å². The molecule has 60 valence electrons. The summed E-state index contributed by atoms with van der Waals surface area (Å²) in [5.41, 5.74) is 0.980. The van der Waals surface area contributed by atoms with Crippen LogP contribution in [0.4, 0.5) is 0 Å². The molecule has 0 spiro atoms. The number of nitrogens with one attached hydrogen (secondary N) is 1. The third-order valence-electron chi connectivity index (χ3n) is 1.12. The topological polar surface area (TPSA) is 40.9 Å². The van der Waals surface area contributed by atoms with E-state index in [4.69, 9.17) is 5.41 Å². The highest BCUT2D eigenvalue weighted by atomic mass is 16.1. The maximum Gasteiger partial charge on any atom is 0.159 e. The second kappa shape index (κ2) is 4.61. The van der Waals surface area contributed by atoms with Crippen molar-refractivity contribution in [1.82, 2.24) is 0 Å². The first-order valence-corrected chi connectivity index (χ1v) is 3.48. The molecule has 2 heteroatoms. The van der Waals surface area contributed by atoms with E-state index in [0.717, 1.165) is 0 Å². The summed E-state index contributed by atoms with van der Waals surface area (Å²) in [5.74, 6) is -0.00491. The molecule has 0 aromatic carbocycles. The zero-order valence-electron chi connectivity index (χ0n) is 7.14. The molecule has 0 aliphatic rings. The molecular weight excluding hydrogens is 138 g/mol. The molecule has 0 heterocycles. The first kappa shape index (κ1) is 9.82. The zero-order chi connectivity index (χ0) is 8.85. The number of carbonyl (C=O) groups excluding carboxylic acids is 1. The van der Waals surface area contributed by atoms with Gasteiger partial charge >= 0.3 is 0 Å². The van der Waals surface area contributed by atoms with Crippen LogP contribution in [0.25, 0.3) is 0 Å². The fourth-order valence-corrected chi connectivity index (χ4v) is 0.680. The van der Waals surface area contributed by atoms with Crippen LogP contribution in [-0.4, -0.2) is 11.5 Å². The van der Waals surface area contributed by atoms with E-state index in [1.165, 1.54) is 6.92 Å². The molecule has 0 saturated carbocycles.